The minimum atomic E-state index is 0.259. The van der Waals surface area contributed by atoms with Crippen molar-refractivity contribution >= 4 is 33.2 Å². The smallest absolute Gasteiger partial charge is 0.115 e. The molecule has 98 valence electrons. The van der Waals surface area contributed by atoms with E-state index in [1.807, 2.05) is 30.3 Å². The first-order valence-corrected chi connectivity index (χ1v) is 7.34. The molecule has 2 aromatic carbocycles. The van der Waals surface area contributed by atoms with Crippen molar-refractivity contribution in [2.24, 2.45) is 0 Å². The van der Waals surface area contributed by atoms with Gasteiger partial charge < -0.3 is 10.4 Å². The molecule has 1 unspecified atom stereocenters. The molecule has 0 saturated carbocycles. The topological polar surface area (TPSA) is 32.3 Å². The standard InChI is InChI=1S/C15H13BrClNO/c16-10-2-6-15(13(17)8-10)18-14-5-1-9-7-11(19)3-4-12(9)14/h2-4,6-8,14,18-19H,1,5H2. The molecule has 0 aliphatic heterocycles. The lowest BCUT2D eigenvalue weighted by Crippen LogP contribution is -2.07. The zero-order valence-electron chi connectivity index (χ0n) is 10.2. The number of halogens is 2. The normalized spacial score (nSPS) is 17.3. The Hall–Kier alpha value is -1.19. The molecule has 0 aromatic heterocycles. The van der Waals surface area contributed by atoms with Crippen molar-refractivity contribution in [3.63, 3.8) is 0 Å². The van der Waals surface area contributed by atoms with Gasteiger partial charge in [-0.3, -0.25) is 0 Å². The van der Waals surface area contributed by atoms with E-state index in [0.29, 0.717) is 10.8 Å². The third-order valence-electron chi connectivity index (χ3n) is 3.47. The van der Waals surface area contributed by atoms with Crippen LogP contribution in [0.3, 0.4) is 0 Å². The van der Waals surface area contributed by atoms with Crippen molar-refractivity contribution in [2.75, 3.05) is 5.32 Å². The first-order valence-electron chi connectivity index (χ1n) is 6.17. The molecular formula is C15H13BrClNO. The summed E-state index contributed by atoms with van der Waals surface area (Å²) in [7, 11) is 0. The second kappa shape index (κ2) is 5.06. The molecule has 2 N–H and O–H groups in total. The highest BCUT2D eigenvalue weighted by atomic mass is 79.9. The van der Waals surface area contributed by atoms with E-state index in [1.54, 1.807) is 6.07 Å². The summed E-state index contributed by atoms with van der Waals surface area (Å²) in [5, 5.41) is 13.7. The van der Waals surface area contributed by atoms with Crippen LogP contribution in [-0.2, 0) is 6.42 Å². The van der Waals surface area contributed by atoms with Crippen LogP contribution >= 0.6 is 27.5 Å². The van der Waals surface area contributed by atoms with Crippen LogP contribution in [0.25, 0.3) is 0 Å². The molecule has 0 bridgehead atoms. The molecule has 19 heavy (non-hydrogen) atoms. The fraction of sp³-hybridized carbons (Fsp3) is 0.200. The largest absolute Gasteiger partial charge is 0.508 e. The van der Waals surface area contributed by atoms with Gasteiger partial charge >= 0.3 is 0 Å². The predicted octanol–water partition coefficient (Wildman–Crippen LogP) is 4.91. The number of aryl methyl sites for hydroxylation is 1. The van der Waals surface area contributed by atoms with Crippen molar-refractivity contribution in [3.05, 3.63) is 57.0 Å². The van der Waals surface area contributed by atoms with Crippen molar-refractivity contribution in [3.8, 4) is 5.75 Å². The van der Waals surface area contributed by atoms with Gasteiger partial charge in [0.2, 0.25) is 0 Å². The zero-order chi connectivity index (χ0) is 13.4. The molecule has 1 aliphatic rings. The van der Waals surface area contributed by atoms with E-state index in [1.165, 1.54) is 11.1 Å². The maximum atomic E-state index is 9.50. The molecule has 0 fully saturated rings. The van der Waals surface area contributed by atoms with Crippen molar-refractivity contribution < 1.29 is 5.11 Å². The van der Waals surface area contributed by atoms with Gasteiger partial charge in [0.25, 0.3) is 0 Å². The number of rotatable bonds is 2. The van der Waals surface area contributed by atoms with E-state index < -0.39 is 0 Å². The lowest BCUT2D eigenvalue weighted by molar-refractivity contribution is 0.474. The number of hydrogen-bond donors (Lipinski definition) is 2. The molecule has 4 heteroatoms. The van der Waals surface area contributed by atoms with Crippen LogP contribution in [0.1, 0.15) is 23.6 Å². The Morgan fingerprint density at radius 2 is 2.05 bits per heavy atom. The fourth-order valence-corrected chi connectivity index (χ4v) is 3.28. The molecule has 3 rings (SSSR count). The Morgan fingerprint density at radius 1 is 1.21 bits per heavy atom. The molecule has 2 aromatic rings. The van der Waals surface area contributed by atoms with Crippen LogP contribution < -0.4 is 5.32 Å². The van der Waals surface area contributed by atoms with Gasteiger partial charge in [0, 0.05) is 4.47 Å². The summed E-state index contributed by atoms with van der Waals surface area (Å²) >= 11 is 9.63. The van der Waals surface area contributed by atoms with Gasteiger partial charge in [-0.25, -0.2) is 0 Å². The SMILES string of the molecule is Oc1ccc2c(c1)CCC2Nc1ccc(Br)cc1Cl. The Labute approximate surface area is 125 Å². The van der Waals surface area contributed by atoms with Gasteiger partial charge in [0.1, 0.15) is 5.75 Å². The number of fused-ring (bicyclic) bond motifs is 1. The maximum Gasteiger partial charge on any atom is 0.115 e. The summed E-state index contributed by atoms with van der Waals surface area (Å²) < 4.78 is 0.972. The van der Waals surface area contributed by atoms with Crippen molar-refractivity contribution in [2.45, 2.75) is 18.9 Å². The molecule has 1 atom stereocenters. The molecular weight excluding hydrogens is 326 g/mol. The number of hydrogen-bond acceptors (Lipinski definition) is 2. The van der Waals surface area contributed by atoms with Crippen LogP contribution in [0.5, 0.6) is 5.75 Å². The van der Waals surface area contributed by atoms with E-state index in [0.717, 1.165) is 23.0 Å². The monoisotopic (exact) mass is 337 g/mol. The third kappa shape index (κ3) is 2.58. The predicted molar refractivity (Wildman–Crippen MR) is 81.9 cm³/mol. The highest BCUT2D eigenvalue weighted by Gasteiger charge is 2.23. The highest BCUT2D eigenvalue weighted by Crippen LogP contribution is 2.37. The van der Waals surface area contributed by atoms with Crippen LogP contribution in [0.2, 0.25) is 5.02 Å². The van der Waals surface area contributed by atoms with Crippen LogP contribution in [0.15, 0.2) is 40.9 Å². The lowest BCUT2D eigenvalue weighted by Gasteiger charge is -2.17. The molecule has 0 spiro atoms. The molecule has 0 saturated heterocycles. The summed E-state index contributed by atoms with van der Waals surface area (Å²) in [6, 6.07) is 11.7. The van der Waals surface area contributed by atoms with Crippen molar-refractivity contribution in [1.29, 1.82) is 0 Å². The second-order valence-electron chi connectivity index (χ2n) is 4.74. The first-order chi connectivity index (χ1) is 9.13. The third-order valence-corrected chi connectivity index (χ3v) is 4.27. The molecule has 0 radical (unpaired) electrons. The van der Waals surface area contributed by atoms with E-state index in [2.05, 4.69) is 21.2 Å². The number of phenolic OH excluding ortho intramolecular Hbond substituents is 1. The fourth-order valence-electron chi connectivity index (χ4n) is 2.55. The lowest BCUT2D eigenvalue weighted by atomic mass is 10.1. The van der Waals surface area contributed by atoms with Crippen LogP contribution in [0.4, 0.5) is 5.69 Å². The van der Waals surface area contributed by atoms with E-state index in [-0.39, 0.29) is 6.04 Å². The van der Waals surface area contributed by atoms with E-state index >= 15 is 0 Å². The molecule has 0 amide bonds. The number of aromatic hydroxyl groups is 1. The van der Waals surface area contributed by atoms with Gasteiger partial charge in [-0.15, -0.1) is 0 Å². The Balaban J connectivity index is 1.86. The van der Waals surface area contributed by atoms with Gasteiger partial charge in [0.15, 0.2) is 0 Å². The van der Waals surface area contributed by atoms with Crippen molar-refractivity contribution in [1.82, 2.24) is 0 Å². The Kier molecular flexibility index (Phi) is 3.42. The molecule has 0 heterocycles. The highest BCUT2D eigenvalue weighted by molar-refractivity contribution is 9.10. The van der Waals surface area contributed by atoms with Gasteiger partial charge in [0.05, 0.1) is 16.8 Å². The van der Waals surface area contributed by atoms with Gasteiger partial charge in [-0.2, -0.15) is 0 Å². The van der Waals surface area contributed by atoms with E-state index in [9.17, 15) is 5.11 Å². The maximum absolute atomic E-state index is 9.50. The Bertz CT molecular complexity index is 630. The van der Waals surface area contributed by atoms with Crippen LogP contribution in [-0.4, -0.2) is 5.11 Å². The number of phenols is 1. The minimum Gasteiger partial charge on any atom is -0.508 e. The summed E-state index contributed by atoms with van der Waals surface area (Å²) in [6.45, 7) is 0. The quantitative estimate of drug-likeness (QED) is 0.815. The zero-order valence-corrected chi connectivity index (χ0v) is 12.5. The van der Waals surface area contributed by atoms with Gasteiger partial charge in [-0.05, 0) is 54.3 Å². The minimum absolute atomic E-state index is 0.259. The number of benzene rings is 2. The summed E-state index contributed by atoms with van der Waals surface area (Å²) in [5.41, 5.74) is 3.40. The second-order valence-corrected chi connectivity index (χ2v) is 6.07. The average Bonchev–Trinajstić information content (AvgIpc) is 2.75. The number of nitrogens with one attached hydrogen (secondary N) is 1. The number of anilines is 1. The summed E-state index contributed by atoms with van der Waals surface area (Å²) in [6.07, 6.45) is 2.00. The first kappa shape index (κ1) is 12.8. The molecule has 2 nitrogen and oxygen atoms in total. The van der Waals surface area contributed by atoms with Gasteiger partial charge in [-0.1, -0.05) is 33.6 Å². The van der Waals surface area contributed by atoms with Crippen LogP contribution in [0, 0.1) is 0 Å². The Morgan fingerprint density at radius 3 is 2.84 bits per heavy atom. The summed E-state index contributed by atoms with van der Waals surface area (Å²) in [4.78, 5) is 0. The summed E-state index contributed by atoms with van der Waals surface area (Å²) in [5.74, 6) is 0.334. The average molecular weight is 339 g/mol. The van der Waals surface area contributed by atoms with E-state index in [4.69, 9.17) is 11.6 Å². The molecule has 1 aliphatic carbocycles.